The van der Waals surface area contributed by atoms with Crippen LogP contribution in [0.4, 0.5) is 5.69 Å². The summed E-state index contributed by atoms with van der Waals surface area (Å²) in [6.45, 7) is 5.73. The minimum Gasteiger partial charge on any atom is -0.492 e. The van der Waals surface area contributed by atoms with Crippen LogP contribution in [0.15, 0.2) is 48.5 Å². The predicted octanol–water partition coefficient (Wildman–Crippen LogP) is 3.79. The second kappa shape index (κ2) is 6.10. The first-order valence-electron chi connectivity index (χ1n) is 6.25. The highest BCUT2D eigenvalue weighted by molar-refractivity contribution is 5.53. The standard InChI is InChI=1S/C16H19NO/c1-13-7-6-10-16(14(13)2)17-11-12-18-15-8-4-3-5-9-15/h3-10,17H,11-12H2,1-2H3. The molecule has 0 aromatic heterocycles. The number of hydrogen-bond donors (Lipinski definition) is 1. The van der Waals surface area contributed by atoms with Gasteiger partial charge < -0.3 is 10.1 Å². The zero-order chi connectivity index (χ0) is 12.8. The maximum atomic E-state index is 5.64. The molecular weight excluding hydrogens is 222 g/mol. The predicted molar refractivity (Wildman–Crippen MR) is 76.3 cm³/mol. The smallest absolute Gasteiger partial charge is 0.119 e. The van der Waals surface area contributed by atoms with Crippen LogP contribution in [0, 0.1) is 13.8 Å². The van der Waals surface area contributed by atoms with Gasteiger partial charge in [0.25, 0.3) is 0 Å². The molecule has 94 valence electrons. The molecule has 0 spiro atoms. The molecule has 0 saturated carbocycles. The summed E-state index contributed by atoms with van der Waals surface area (Å²) < 4.78 is 5.64. The van der Waals surface area contributed by atoms with Gasteiger partial charge in [-0.15, -0.1) is 0 Å². The molecule has 0 radical (unpaired) electrons. The fourth-order valence-electron chi connectivity index (χ4n) is 1.81. The van der Waals surface area contributed by atoms with Crippen LogP contribution in [0.2, 0.25) is 0 Å². The molecule has 2 nitrogen and oxygen atoms in total. The largest absolute Gasteiger partial charge is 0.492 e. The van der Waals surface area contributed by atoms with Crippen molar-refractivity contribution in [3.8, 4) is 5.75 Å². The van der Waals surface area contributed by atoms with Crippen LogP contribution in [0.1, 0.15) is 11.1 Å². The first-order valence-corrected chi connectivity index (χ1v) is 6.25. The Morgan fingerprint density at radius 1 is 0.944 bits per heavy atom. The number of benzene rings is 2. The van der Waals surface area contributed by atoms with Crippen molar-refractivity contribution in [1.82, 2.24) is 0 Å². The van der Waals surface area contributed by atoms with E-state index in [4.69, 9.17) is 4.74 Å². The van der Waals surface area contributed by atoms with Gasteiger partial charge in [-0.25, -0.2) is 0 Å². The highest BCUT2D eigenvalue weighted by Crippen LogP contribution is 2.17. The molecule has 0 aliphatic heterocycles. The topological polar surface area (TPSA) is 21.3 Å². The molecule has 2 aromatic rings. The Kier molecular flexibility index (Phi) is 4.24. The maximum Gasteiger partial charge on any atom is 0.119 e. The molecule has 0 bridgehead atoms. The summed E-state index contributed by atoms with van der Waals surface area (Å²) in [5, 5.41) is 3.40. The Labute approximate surface area is 109 Å². The summed E-state index contributed by atoms with van der Waals surface area (Å²) in [6, 6.07) is 16.2. The Morgan fingerprint density at radius 3 is 2.50 bits per heavy atom. The van der Waals surface area contributed by atoms with E-state index >= 15 is 0 Å². The molecule has 0 unspecified atom stereocenters. The summed E-state index contributed by atoms with van der Waals surface area (Å²) in [7, 11) is 0. The zero-order valence-corrected chi connectivity index (χ0v) is 10.9. The quantitative estimate of drug-likeness (QED) is 0.804. The first kappa shape index (κ1) is 12.5. The number of nitrogens with one attached hydrogen (secondary N) is 1. The molecule has 0 heterocycles. The summed E-state index contributed by atoms with van der Waals surface area (Å²) in [5.74, 6) is 0.917. The Bertz CT molecular complexity index is 494. The van der Waals surface area contributed by atoms with Crippen LogP contribution >= 0.6 is 0 Å². The van der Waals surface area contributed by atoms with Crippen molar-refractivity contribution in [2.24, 2.45) is 0 Å². The zero-order valence-electron chi connectivity index (χ0n) is 10.9. The van der Waals surface area contributed by atoms with Crippen LogP contribution in [0.5, 0.6) is 5.75 Å². The van der Waals surface area contributed by atoms with E-state index in [0.29, 0.717) is 6.61 Å². The van der Waals surface area contributed by atoms with Crippen molar-refractivity contribution < 1.29 is 4.74 Å². The molecule has 2 heteroatoms. The van der Waals surface area contributed by atoms with Crippen LogP contribution in [0.25, 0.3) is 0 Å². The van der Waals surface area contributed by atoms with E-state index in [9.17, 15) is 0 Å². The van der Waals surface area contributed by atoms with Crippen molar-refractivity contribution in [3.05, 3.63) is 59.7 Å². The minimum absolute atomic E-state index is 0.664. The second-order valence-electron chi connectivity index (χ2n) is 4.34. The lowest BCUT2D eigenvalue weighted by atomic mass is 10.1. The summed E-state index contributed by atoms with van der Waals surface area (Å²) in [6.07, 6.45) is 0. The molecular formula is C16H19NO. The molecule has 0 aliphatic carbocycles. The normalized spacial score (nSPS) is 10.1. The number of para-hydroxylation sites is 1. The summed E-state index contributed by atoms with van der Waals surface area (Å²) in [4.78, 5) is 0. The van der Waals surface area contributed by atoms with Gasteiger partial charge in [-0.05, 0) is 43.2 Å². The number of hydrogen-bond acceptors (Lipinski definition) is 2. The van der Waals surface area contributed by atoms with Crippen molar-refractivity contribution in [2.75, 3.05) is 18.5 Å². The average Bonchev–Trinajstić information content (AvgIpc) is 2.40. The van der Waals surface area contributed by atoms with E-state index in [1.165, 1.54) is 16.8 Å². The van der Waals surface area contributed by atoms with Gasteiger partial charge in [-0.3, -0.25) is 0 Å². The molecule has 2 rings (SSSR count). The van der Waals surface area contributed by atoms with E-state index in [2.05, 4.69) is 37.4 Å². The monoisotopic (exact) mass is 241 g/mol. The number of rotatable bonds is 5. The molecule has 0 atom stereocenters. The molecule has 0 saturated heterocycles. The lowest BCUT2D eigenvalue weighted by Gasteiger charge is -2.12. The number of anilines is 1. The number of ether oxygens (including phenoxy) is 1. The van der Waals surface area contributed by atoms with Crippen molar-refractivity contribution in [3.63, 3.8) is 0 Å². The SMILES string of the molecule is Cc1cccc(NCCOc2ccccc2)c1C. The molecule has 2 aromatic carbocycles. The van der Waals surface area contributed by atoms with Crippen molar-refractivity contribution >= 4 is 5.69 Å². The highest BCUT2D eigenvalue weighted by Gasteiger charge is 1.99. The van der Waals surface area contributed by atoms with Gasteiger partial charge in [-0.1, -0.05) is 30.3 Å². The van der Waals surface area contributed by atoms with Gasteiger partial charge in [0.15, 0.2) is 0 Å². The van der Waals surface area contributed by atoms with Gasteiger partial charge in [0.05, 0.1) is 0 Å². The summed E-state index contributed by atoms with van der Waals surface area (Å²) in [5.41, 5.74) is 3.80. The van der Waals surface area contributed by atoms with Gasteiger partial charge in [0.1, 0.15) is 12.4 Å². The van der Waals surface area contributed by atoms with Crippen LogP contribution in [-0.2, 0) is 0 Å². The van der Waals surface area contributed by atoms with E-state index in [0.717, 1.165) is 12.3 Å². The Morgan fingerprint density at radius 2 is 1.72 bits per heavy atom. The lowest BCUT2D eigenvalue weighted by Crippen LogP contribution is -2.12. The fraction of sp³-hybridized carbons (Fsp3) is 0.250. The van der Waals surface area contributed by atoms with Gasteiger partial charge in [-0.2, -0.15) is 0 Å². The molecule has 18 heavy (non-hydrogen) atoms. The van der Waals surface area contributed by atoms with Crippen molar-refractivity contribution in [1.29, 1.82) is 0 Å². The maximum absolute atomic E-state index is 5.64. The third kappa shape index (κ3) is 3.27. The summed E-state index contributed by atoms with van der Waals surface area (Å²) >= 11 is 0. The first-order chi connectivity index (χ1) is 8.77. The second-order valence-corrected chi connectivity index (χ2v) is 4.34. The molecule has 1 N–H and O–H groups in total. The molecule has 0 fully saturated rings. The Balaban J connectivity index is 1.81. The van der Waals surface area contributed by atoms with Crippen molar-refractivity contribution in [2.45, 2.75) is 13.8 Å². The molecule has 0 amide bonds. The number of aryl methyl sites for hydroxylation is 1. The van der Waals surface area contributed by atoms with E-state index in [1.54, 1.807) is 0 Å². The van der Waals surface area contributed by atoms with Crippen LogP contribution in [0.3, 0.4) is 0 Å². The third-order valence-electron chi connectivity index (χ3n) is 3.03. The average molecular weight is 241 g/mol. The fourth-order valence-corrected chi connectivity index (χ4v) is 1.81. The van der Waals surface area contributed by atoms with E-state index in [-0.39, 0.29) is 0 Å². The van der Waals surface area contributed by atoms with E-state index < -0.39 is 0 Å². The highest BCUT2D eigenvalue weighted by atomic mass is 16.5. The van der Waals surface area contributed by atoms with E-state index in [1.807, 2.05) is 30.3 Å². The minimum atomic E-state index is 0.664. The van der Waals surface area contributed by atoms with Gasteiger partial charge >= 0.3 is 0 Å². The Hall–Kier alpha value is -1.96. The van der Waals surface area contributed by atoms with Gasteiger partial charge in [0, 0.05) is 12.2 Å². The van der Waals surface area contributed by atoms with Gasteiger partial charge in [0.2, 0.25) is 0 Å². The van der Waals surface area contributed by atoms with Crippen LogP contribution in [-0.4, -0.2) is 13.2 Å². The van der Waals surface area contributed by atoms with Crippen LogP contribution < -0.4 is 10.1 Å². The lowest BCUT2D eigenvalue weighted by molar-refractivity contribution is 0.333. The third-order valence-corrected chi connectivity index (χ3v) is 3.03. The molecule has 0 aliphatic rings.